The summed E-state index contributed by atoms with van der Waals surface area (Å²) in [4.78, 5) is 12.8. The van der Waals surface area contributed by atoms with Gasteiger partial charge < -0.3 is 9.47 Å². The molecule has 9 heteroatoms. The Labute approximate surface area is 195 Å². The fourth-order valence-corrected chi connectivity index (χ4v) is 4.05. The highest BCUT2D eigenvalue weighted by Crippen LogP contribution is 2.29. The molecule has 0 aliphatic carbocycles. The Bertz CT molecular complexity index is 1170. The summed E-state index contributed by atoms with van der Waals surface area (Å²) in [5.41, 5.74) is 2.65. The van der Waals surface area contributed by atoms with Gasteiger partial charge in [0.15, 0.2) is 5.82 Å². The third-order valence-corrected chi connectivity index (χ3v) is 5.76. The molecule has 0 saturated heterocycles. The topological polar surface area (TPSA) is 78.6 Å². The second kappa shape index (κ2) is 10.0. The molecule has 1 aliphatic rings. The first-order valence-corrected chi connectivity index (χ1v) is 11.5. The number of nitrogens with zero attached hydrogens (tertiary/aromatic N) is 4. The van der Waals surface area contributed by atoms with Crippen molar-refractivity contribution in [3.63, 3.8) is 0 Å². The average molecular weight is 469 g/mol. The van der Waals surface area contributed by atoms with Crippen molar-refractivity contribution in [2.75, 3.05) is 19.0 Å². The predicted molar refractivity (Wildman–Crippen MR) is 126 cm³/mol. The second-order valence-electron chi connectivity index (χ2n) is 6.74. The first-order chi connectivity index (χ1) is 15.6. The van der Waals surface area contributed by atoms with E-state index in [0.717, 1.165) is 16.9 Å². The van der Waals surface area contributed by atoms with E-state index in [4.69, 9.17) is 26.2 Å². The van der Waals surface area contributed by atoms with Gasteiger partial charge >= 0.3 is 5.97 Å². The first-order valence-electron chi connectivity index (χ1n) is 10.1. The van der Waals surface area contributed by atoms with Crippen LogP contribution in [0.25, 0.3) is 17.5 Å². The normalized spacial score (nSPS) is 13.3. The lowest BCUT2D eigenvalue weighted by molar-refractivity contribution is -0.137. The molecular weight excluding hydrogens is 448 g/mol. The molecular formula is C23H21ClN4O3S. The van der Waals surface area contributed by atoms with Crippen molar-refractivity contribution in [3.05, 3.63) is 64.7 Å². The standard InChI is InChI=1S/C23H21ClN4O3S/c1-3-30-18-11-5-15(6-12-18)13-19(22(29)31-4-2)20-14-32-23-26-25-21(28(23)27-20)16-7-9-17(24)10-8-16/h5-13H,3-4,14H2,1-2H3. The molecule has 0 radical (unpaired) electrons. The van der Waals surface area contributed by atoms with Crippen molar-refractivity contribution in [2.45, 2.75) is 19.0 Å². The predicted octanol–water partition coefficient (Wildman–Crippen LogP) is 4.95. The van der Waals surface area contributed by atoms with Crippen LogP contribution in [0.5, 0.6) is 5.75 Å². The number of halogens is 1. The molecule has 1 aliphatic heterocycles. The molecule has 0 atom stereocenters. The zero-order valence-corrected chi connectivity index (χ0v) is 19.2. The molecule has 164 valence electrons. The van der Waals surface area contributed by atoms with Gasteiger partial charge in [0.05, 0.1) is 24.5 Å². The van der Waals surface area contributed by atoms with Gasteiger partial charge in [-0.3, -0.25) is 0 Å². The summed E-state index contributed by atoms with van der Waals surface area (Å²) in [5, 5.41) is 14.5. The number of carbonyl (C=O) groups excluding carboxylic acids is 1. The van der Waals surface area contributed by atoms with Gasteiger partial charge in [-0.2, -0.15) is 9.78 Å². The molecule has 0 unspecified atom stereocenters. The number of carbonyl (C=O) groups is 1. The first kappa shape index (κ1) is 22.1. The minimum absolute atomic E-state index is 0.272. The summed E-state index contributed by atoms with van der Waals surface area (Å²) in [6.07, 6.45) is 1.78. The van der Waals surface area contributed by atoms with Gasteiger partial charge in [-0.1, -0.05) is 35.5 Å². The van der Waals surface area contributed by atoms with Crippen molar-refractivity contribution >= 4 is 41.1 Å². The van der Waals surface area contributed by atoms with E-state index in [0.29, 0.717) is 39.6 Å². The highest BCUT2D eigenvalue weighted by molar-refractivity contribution is 7.99. The molecule has 0 spiro atoms. The number of aromatic nitrogens is 3. The average Bonchev–Trinajstić information content (AvgIpc) is 3.22. The zero-order valence-electron chi connectivity index (χ0n) is 17.6. The van der Waals surface area contributed by atoms with Crippen LogP contribution >= 0.6 is 23.4 Å². The largest absolute Gasteiger partial charge is 0.494 e. The molecule has 0 fully saturated rings. The number of ether oxygens (including phenoxy) is 2. The van der Waals surface area contributed by atoms with Gasteiger partial charge in [0.25, 0.3) is 0 Å². The minimum atomic E-state index is -0.426. The van der Waals surface area contributed by atoms with Crippen LogP contribution in [-0.4, -0.2) is 45.5 Å². The summed E-state index contributed by atoms with van der Waals surface area (Å²) < 4.78 is 12.5. The van der Waals surface area contributed by atoms with Crippen molar-refractivity contribution in [1.82, 2.24) is 14.9 Å². The van der Waals surface area contributed by atoms with Crippen LogP contribution in [0.15, 0.2) is 64.4 Å². The maximum atomic E-state index is 12.8. The summed E-state index contributed by atoms with van der Waals surface area (Å²) in [6.45, 7) is 4.58. The number of thioether (sulfide) groups is 1. The van der Waals surface area contributed by atoms with Gasteiger partial charge in [0, 0.05) is 16.3 Å². The Morgan fingerprint density at radius 3 is 2.53 bits per heavy atom. The molecule has 0 bridgehead atoms. The molecule has 2 aromatic carbocycles. The van der Waals surface area contributed by atoms with E-state index in [-0.39, 0.29) is 6.61 Å². The van der Waals surface area contributed by atoms with Gasteiger partial charge in [-0.25, -0.2) is 4.79 Å². The lowest BCUT2D eigenvalue weighted by Gasteiger charge is -2.16. The van der Waals surface area contributed by atoms with Crippen molar-refractivity contribution in [3.8, 4) is 17.1 Å². The van der Waals surface area contributed by atoms with Crippen LogP contribution in [-0.2, 0) is 9.53 Å². The molecule has 1 aromatic heterocycles. The summed E-state index contributed by atoms with van der Waals surface area (Å²) in [7, 11) is 0. The quantitative estimate of drug-likeness (QED) is 0.360. The van der Waals surface area contributed by atoms with Gasteiger partial charge in [0.2, 0.25) is 5.16 Å². The molecule has 4 rings (SSSR count). The fraction of sp³-hybridized carbons (Fsp3) is 0.217. The molecule has 2 heterocycles. The zero-order chi connectivity index (χ0) is 22.5. The Hall–Kier alpha value is -3.10. The Morgan fingerprint density at radius 1 is 1.09 bits per heavy atom. The Morgan fingerprint density at radius 2 is 1.84 bits per heavy atom. The van der Waals surface area contributed by atoms with E-state index in [2.05, 4.69) is 10.2 Å². The van der Waals surface area contributed by atoms with Crippen molar-refractivity contribution in [2.24, 2.45) is 5.10 Å². The second-order valence-corrected chi connectivity index (χ2v) is 8.12. The monoisotopic (exact) mass is 468 g/mol. The van der Waals surface area contributed by atoms with Gasteiger partial charge in [-0.15, -0.1) is 10.2 Å². The maximum Gasteiger partial charge on any atom is 0.340 e. The number of rotatable bonds is 7. The third kappa shape index (κ3) is 4.87. The molecule has 3 aromatic rings. The highest BCUT2D eigenvalue weighted by Gasteiger charge is 2.25. The molecule has 0 N–H and O–H groups in total. The Kier molecular flexibility index (Phi) is 6.92. The molecule has 0 amide bonds. The van der Waals surface area contributed by atoms with Crippen LogP contribution in [0.4, 0.5) is 0 Å². The lowest BCUT2D eigenvalue weighted by atomic mass is 10.1. The van der Waals surface area contributed by atoms with Crippen LogP contribution in [0.1, 0.15) is 19.4 Å². The summed E-state index contributed by atoms with van der Waals surface area (Å²) >= 11 is 7.47. The van der Waals surface area contributed by atoms with Crippen LogP contribution in [0, 0.1) is 0 Å². The van der Waals surface area contributed by atoms with E-state index in [1.807, 2.05) is 43.3 Å². The minimum Gasteiger partial charge on any atom is -0.494 e. The number of hydrogen-bond acceptors (Lipinski definition) is 7. The summed E-state index contributed by atoms with van der Waals surface area (Å²) in [6, 6.07) is 14.8. The van der Waals surface area contributed by atoms with E-state index < -0.39 is 5.97 Å². The van der Waals surface area contributed by atoms with Gasteiger partial charge in [0.1, 0.15) is 5.75 Å². The van der Waals surface area contributed by atoms with Crippen LogP contribution in [0.2, 0.25) is 5.02 Å². The molecule has 7 nitrogen and oxygen atoms in total. The van der Waals surface area contributed by atoms with Crippen molar-refractivity contribution in [1.29, 1.82) is 0 Å². The lowest BCUT2D eigenvalue weighted by Crippen LogP contribution is -2.21. The van der Waals surface area contributed by atoms with Crippen molar-refractivity contribution < 1.29 is 14.3 Å². The highest BCUT2D eigenvalue weighted by atomic mass is 35.5. The van der Waals surface area contributed by atoms with Gasteiger partial charge in [-0.05, 0) is 61.9 Å². The number of fused-ring (bicyclic) bond motifs is 1. The van der Waals surface area contributed by atoms with E-state index >= 15 is 0 Å². The van der Waals surface area contributed by atoms with E-state index in [1.54, 1.807) is 29.8 Å². The summed E-state index contributed by atoms with van der Waals surface area (Å²) in [5.74, 6) is 1.39. The molecule has 0 saturated carbocycles. The number of benzene rings is 2. The Balaban J connectivity index is 1.73. The smallest absolute Gasteiger partial charge is 0.340 e. The van der Waals surface area contributed by atoms with E-state index in [1.165, 1.54) is 11.8 Å². The van der Waals surface area contributed by atoms with E-state index in [9.17, 15) is 4.79 Å². The van der Waals surface area contributed by atoms with Crippen LogP contribution < -0.4 is 4.74 Å². The number of hydrogen-bond donors (Lipinski definition) is 0. The maximum absolute atomic E-state index is 12.8. The molecule has 32 heavy (non-hydrogen) atoms. The third-order valence-electron chi connectivity index (χ3n) is 4.58. The van der Waals surface area contributed by atoms with Crippen LogP contribution in [0.3, 0.4) is 0 Å². The number of esters is 1. The fourth-order valence-electron chi connectivity index (χ4n) is 3.10. The SMILES string of the molecule is CCOC(=O)C(=Cc1ccc(OCC)cc1)C1=Nn2c(nnc2-c2ccc(Cl)cc2)SC1.